The number of ether oxygens (including phenoxy) is 3. The zero-order valence-corrected chi connectivity index (χ0v) is 5.73. The molecule has 0 aromatic rings. The van der Waals surface area contributed by atoms with Crippen LogP contribution in [0.2, 0.25) is 0 Å². The summed E-state index contributed by atoms with van der Waals surface area (Å²) in [6, 6.07) is 0. The molecular weight excluding hydrogens is 152 g/mol. The number of aliphatic hydroxyl groups is 1. The van der Waals surface area contributed by atoms with Gasteiger partial charge in [-0.2, -0.15) is 0 Å². The SMILES string of the molecule is O=C1O[C@@H]2COCO[C@@H]2[C@H]1O. The molecule has 3 atom stereocenters. The van der Waals surface area contributed by atoms with Crippen LogP contribution in [0.25, 0.3) is 0 Å². The van der Waals surface area contributed by atoms with Gasteiger partial charge in [-0.1, -0.05) is 0 Å². The number of aliphatic hydroxyl groups excluding tert-OH is 1. The van der Waals surface area contributed by atoms with E-state index >= 15 is 0 Å². The molecule has 5 heteroatoms. The van der Waals surface area contributed by atoms with E-state index in [1.807, 2.05) is 0 Å². The lowest BCUT2D eigenvalue weighted by molar-refractivity contribution is -0.188. The number of esters is 1. The Morgan fingerprint density at radius 2 is 2.36 bits per heavy atom. The van der Waals surface area contributed by atoms with Crippen molar-refractivity contribution in [1.82, 2.24) is 0 Å². The molecule has 0 aromatic heterocycles. The summed E-state index contributed by atoms with van der Waals surface area (Å²) in [6.45, 7) is 0.433. The van der Waals surface area contributed by atoms with Crippen molar-refractivity contribution in [1.29, 1.82) is 0 Å². The monoisotopic (exact) mass is 160 g/mol. The summed E-state index contributed by atoms with van der Waals surface area (Å²) in [5.41, 5.74) is 0. The maximum atomic E-state index is 10.7. The molecule has 2 fully saturated rings. The first-order valence-corrected chi connectivity index (χ1v) is 3.37. The van der Waals surface area contributed by atoms with Gasteiger partial charge in [-0.05, 0) is 0 Å². The van der Waals surface area contributed by atoms with E-state index in [-0.39, 0.29) is 6.79 Å². The molecule has 0 aliphatic carbocycles. The van der Waals surface area contributed by atoms with E-state index in [1.165, 1.54) is 0 Å². The van der Waals surface area contributed by atoms with Crippen LogP contribution in [-0.4, -0.2) is 42.8 Å². The fourth-order valence-corrected chi connectivity index (χ4v) is 1.24. The number of carbonyl (C=O) groups is 1. The van der Waals surface area contributed by atoms with Gasteiger partial charge in [0.1, 0.15) is 12.9 Å². The van der Waals surface area contributed by atoms with Crippen LogP contribution in [0.1, 0.15) is 0 Å². The summed E-state index contributed by atoms with van der Waals surface area (Å²) in [4.78, 5) is 10.7. The second kappa shape index (κ2) is 2.44. The zero-order valence-electron chi connectivity index (χ0n) is 5.73. The highest BCUT2D eigenvalue weighted by Crippen LogP contribution is 2.22. The van der Waals surface area contributed by atoms with Gasteiger partial charge in [0.2, 0.25) is 0 Å². The van der Waals surface area contributed by atoms with Gasteiger partial charge < -0.3 is 19.3 Å². The second-order valence-electron chi connectivity index (χ2n) is 2.54. The van der Waals surface area contributed by atoms with Crippen molar-refractivity contribution in [2.75, 3.05) is 13.4 Å². The van der Waals surface area contributed by atoms with E-state index in [0.29, 0.717) is 6.61 Å². The first-order valence-electron chi connectivity index (χ1n) is 3.37. The van der Waals surface area contributed by atoms with E-state index in [0.717, 1.165) is 0 Å². The normalized spacial score (nSPS) is 43.4. The van der Waals surface area contributed by atoms with Gasteiger partial charge in [0.25, 0.3) is 0 Å². The van der Waals surface area contributed by atoms with Gasteiger partial charge in [-0.25, -0.2) is 4.79 Å². The van der Waals surface area contributed by atoms with Gasteiger partial charge in [-0.15, -0.1) is 0 Å². The summed E-state index contributed by atoms with van der Waals surface area (Å²) in [6.07, 6.45) is -2.09. The second-order valence-corrected chi connectivity index (χ2v) is 2.54. The Hall–Kier alpha value is -0.650. The molecule has 1 N–H and O–H groups in total. The quantitative estimate of drug-likeness (QED) is 0.443. The number of fused-ring (bicyclic) bond motifs is 1. The predicted molar refractivity (Wildman–Crippen MR) is 31.6 cm³/mol. The molecule has 0 unspecified atom stereocenters. The molecule has 0 radical (unpaired) electrons. The van der Waals surface area contributed by atoms with Gasteiger partial charge in [0.15, 0.2) is 12.2 Å². The van der Waals surface area contributed by atoms with Crippen LogP contribution in [0.5, 0.6) is 0 Å². The molecule has 11 heavy (non-hydrogen) atoms. The average Bonchev–Trinajstić information content (AvgIpc) is 2.30. The Morgan fingerprint density at radius 1 is 1.55 bits per heavy atom. The van der Waals surface area contributed by atoms with E-state index < -0.39 is 24.3 Å². The molecule has 0 spiro atoms. The van der Waals surface area contributed by atoms with E-state index in [1.54, 1.807) is 0 Å². The van der Waals surface area contributed by atoms with Crippen molar-refractivity contribution in [3.8, 4) is 0 Å². The minimum Gasteiger partial charge on any atom is -0.455 e. The highest BCUT2D eigenvalue weighted by molar-refractivity contribution is 5.77. The van der Waals surface area contributed by atoms with Gasteiger partial charge in [0.05, 0.1) is 6.61 Å². The molecule has 2 aliphatic heterocycles. The van der Waals surface area contributed by atoms with Crippen LogP contribution in [0.4, 0.5) is 0 Å². The highest BCUT2D eigenvalue weighted by Gasteiger charge is 2.46. The Bertz CT molecular complexity index is 180. The van der Waals surface area contributed by atoms with Crippen LogP contribution in [0.15, 0.2) is 0 Å². The molecule has 0 saturated carbocycles. The topological polar surface area (TPSA) is 65.0 Å². The smallest absolute Gasteiger partial charge is 0.338 e. The van der Waals surface area contributed by atoms with Crippen LogP contribution in [0, 0.1) is 0 Å². The maximum absolute atomic E-state index is 10.7. The third-order valence-corrected chi connectivity index (χ3v) is 1.81. The van der Waals surface area contributed by atoms with Crippen molar-refractivity contribution >= 4 is 5.97 Å². The number of rotatable bonds is 0. The van der Waals surface area contributed by atoms with Gasteiger partial charge >= 0.3 is 5.97 Å². The molecule has 2 saturated heterocycles. The van der Waals surface area contributed by atoms with E-state index in [9.17, 15) is 4.79 Å². The Kier molecular flexibility index (Phi) is 1.56. The number of hydrogen-bond donors (Lipinski definition) is 1. The number of carbonyl (C=O) groups excluding carboxylic acids is 1. The van der Waals surface area contributed by atoms with Crippen molar-refractivity contribution in [2.45, 2.75) is 18.3 Å². The molecule has 2 heterocycles. The fourth-order valence-electron chi connectivity index (χ4n) is 1.24. The van der Waals surface area contributed by atoms with Crippen molar-refractivity contribution < 1.29 is 24.1 Å². The summed E-state index contributed by atoms with van der Waals surface area (Å²) in [5, 5.41) is 9.14. The largest absolute Gasteiger partial charge is 0.455 e. The molecule has 0 bridgehead atoms. The van der Waals surface area contributed by atoms with Crippen molar-refractivity contribution in [3.05, 3.63) is 0 Å². The molecule has 0 amide bonds. The minimum absolute atomic E-state index is 0.120. The van der Waals surface area contributed by atoms with Crippen LogP contribution in [0.3, 0.4) is 0 Å². The maximum Gasteiger partial charge on any atom is 0.338 e. The third kappa shape index (κ3) is 1.01. The van der Waals surface area contributed by atoms with Crippen LogP contribution < -0.4 is 0 Å². The summed E-state index contributed by atoms with van der Waals surface area (Å²) in [7, 11) is 0. The van der Waals surface area contributed by atoms with E-state index in [2.05, 4.69) is 0 Å². The van der Waals surface area contributed by atoms with Gasteiger partial charge in [-0.3, -0.25) is 0 Å². The lowest BCUT2D eigenvalue weighted by atomic mass is 10.1. The number of hydrogen-bond acceptors (Lipinski definition) is 5. The standard InChI is InChI=1S/C6H8O5/c7-4-5-3(11-6(4)8)1-9-2-10-5/h3-5,7H,1-2H2/t3-,4-,5+/m1/s1. The van der Waals surface area contributed by atoms with E-state index in [4.69, 9.17) is 19.3 Å². The third-order valence-electron chi connectivity index (χ3n) is 1.81. The Labute approximate surface area is 62.8 Å². The fraction of sp³-hybridized carbons (Fsp3) is 0.833. The first kappa shape index (κ1) is 7.02. The molecule has 5 nitrogen and oxygen atoms in total. The lowest BCUT2D eigenvalue weighted by Gasteiger charge is -2.24. The molecular formula is C6H8O5. The predicted octanol–water partition coefficient (Wildman–Crippen LogP) is -1.35. The summed E-state index contributed by atoms with van der Waals surface area (Å²) < 4.78 is 14.6. The van der Waals surface area contributed by atoms with Crippen molar-refractivity contribution in [2.24, 2.45) is 0 Å². The van der Waals surface area contributed by atoms with Crippen molar-refractivity contribution in [3.63, 3.8) is 0 Å². The van der Waals surface area contributed by atoms with Crippen LogP contribution in [-0.2, 0) is 19.0 Å². The summed E-state index contributed by atoms with van der Waals surface area (Å²) >= 11 is 0. The molecule has 0 aromatic carbocycles. The average molecular weight is 160 g/mol. The lowest BCUT2D eigenvalue weighted by Crippen LogP contribution is -2.41. The zero-order chi connectivity index (χ0) is 7.84. The molecule has 2 rings (SSSR count). The highest BCUT2D eigenvalue weighted by atomic mass is 16.7. The molecule has 62 valence electrons. The Morgan fingerprint density at radius 3 is 3.09 bits per heavy atom. The molecule has 2 aliphatic rings. The summed E-state index contributed by atoms with van der Waals surface area (Å²) in [5.74, 6) is -0.620. The minimum atomic E-state index is -1.14. The Balaban J connectivity index is 2.11. The van der Waals surface area contributed by atoms with Crippen LogP contribution >= 0.6 is 0 Å². The van der Waals surface area contributed by atoms with Gasteiger partial charge in [0, 0.05) is 0 Å². The first-order chi connectivity index (χ1) is 5.29.